The number of carbonyl (C=O) groups is 2. The summed E-state index contributed by atoms with van der Waals surface area (Å²) in [5, 5.41) is 9.60. The highest BCUT2D eigenvalue weighted by Gasteiger charge is 2.40. The van der Waals surface area contributed by atoms with Gasteiger partial charge in [-0.05, 0) is 76.8 Å². The molecule has 1 aliphatic carbocycles. The Balaban J connectivity index is 1.36. The molecule has 2 amide bonds. The maximum atomic E-state index is 13.8. The maximum absolute atomic E-state index is 13.8. The second kappa shape index (κ2) is 10.4. The van der Waals surface area contributed by atoms with Gasteiger partial charge >= 0.3 is 0 Å². The van der Waals surface area contributed by atoms with Crippen LogP contribution in [0.1, 0.15) is 12.8 Å². The molecular weight excluding hydrogens is 589 g/mol. The largest absolute Gasteiger partial charge is 0.344 e. The molecule has 0 radical (unpaired) electrons. The summed E-state index contributed by atoms with van der Waals surface area (Å²) in [5.74, 6) is -0.736. The molecule has 8 rings (SSSR count). The first-order valence-electron chi connectivity index (χ1n) is 15.4. The molecule has 46 heavy (non-hydrogen) atoms. The summed E-state index contributed by atoms with van der Waals surface area (Å²) in [7, 11) is 7.44. The van der Waals surface area contributed by atoms with Gasteiger partial charge < -0.3 is 9.13 Å². The summed E-state index contributed by atoms with van der Waals surface area (Å²) >= 11 is 5.42. The molecule has 7 heteroatoms. The zero-order chi connectivity index (χ0) is 31.9. The Morgan fingerprint density at radius 2 is 0.978 bits per heavy atom. The lowest BCUT2D eigenvalue weighted by atomic mass is 9.95. The minimum atomic E-state index is -0.368. The van der Waals surface area contributed by atoms with Gasteiger partial charge in [0.2, 0.25) is 0 Å². The third-order valence-corrected chi connectivity index (χ3v) is 10.4. The molecule has 6 aromatic rings. The molecule has 0 N–H and O–H groups in total. The fourth-order valence-corrected chi connectivity index (χ4v) is 7.60. The molecule has 1 saturated carbocycles. The molecule has 2 aliphatic rings. The quantitative estimate of drug-likeness (QED) is 0.139. The lowest BCUT2D eigenvalue weighted by Crippen LogP contribution is -2.53. The Hall–Kier alpha value is -5.27. The topological polar surface area (TPSA) is 50.5 Å². The van der Waals surface area contributed by atoms with Gasteiger partial charge in [0.05, 0.1) is 0 Å². The van der Waals surface area contributed by atoms with Crippen LogP contribution in [0.2, 0.25) is 0 Å². The van der Waals surface area contributed by atoms with E-state index in [1.807, 2.05) is 0 Å². The predicted octanol–water partition coefficient (Wildman–Crippen LogP) is 5.83. The lowest BCUT2D eigenvalue weighted by molar-refractivity contribution is -0.132. The van der Waals surface area contributed by atoms with Crippen molar-refractivity contribution in [1.82, 2.24) is 18.9 Å². The Kier molecular flexibility index (Phi) is 6.38. The molecule has 0 spiro atoms. The van der Waals surface area contributed by atoms with Crippen molar-refractivity contribution >= 4 is 84.6 Å². The van der Waals surface area contributed by atoms with Crippen LogP contribution in [0.5, 0.6) is 0 Å². The van der Waals surface area contributed by atoms with E-state index in [-0.39, 0.29) is 22.5 Å². The number of rotatable bonds is 2. The molecule has 0 atom stereocenters. The molecule has 0 unspecified atom stereocenters. The van der Waals surface area contributed by atoms with Gasteiger partial charge in [-0.15, -0.1) is 0 Å². The van der Waals surface area contributed by atoms with Crippen LogP contribution in [0.3, 0.4) is 0 Å². The summed E-state index contributed by atoms with van der Waals surface area (Å²) < 4.78 is 4.42. The number of hydrogen-bond acceptors (Lipinski definition) is 3. The highest BCUT2D eigenvalue weighted by atomic mass is 32.1. The predicted molar refractivity (Wildman–Crippen MR) is 191 cm³/mol. The van der Waals surface area contributed by atoms with E-state index in [4.69, 9.17) is 12.2 Å². The fourth-order valence-electron chi connectivity index (χ4n) is 7.43. The van der Waals surface area contributed by atoms with Gasteiger partial charge in [0.15, 0.2) is 5.11 Å². The van der Waals surface area contributed by atoms with Crippen LogP contribution < -0.4 is 10.7 Å². The minimum Gasteiger partial charge on any atom is -0.344 e. The Morgan fingerprint density at radius 3 is 1.41 bits per heavy atom. The zero-order valence-electron chi connectivity index (χ0n) is 26.2. The molecule has 1 saturated heterocycles. The van der Waals surface area contributed by atoms with Crippen LogP contribution in [0.25, 0.3) is 55.5 Å². The lowest BCUT2D eigenvalue weighted by Gasteiger charge is -2.33. The van der Waals surface area contributed by atoms with Gasteiger partial charge in [0, 0.05) is 71.5 Å². The standard InChI is InChI=1S/C39H32N4O2S/c1-40-29(27-13-5-9-23-11-7-15-31(40)34(23)27)21-19-25-17-18-26(33(25)36-37(44)42(3)39(46)43(4)38(36)45)20-22-30-28-14-6-10-24-12-8-16-32(35(24)28)41(30)2/h5-16,19-22H,17-18H2,1-4H3/b25-19-,26-20-,29-21+,30-22+. The van der Waals surface area contributed by atoms with E-state index in [1.165, 1.54) is 53.2 Å². The van der Waals surface area contributed by atoms with E-state index in [0.29, 0.717) is 18.4 Å². The number of allylic oxidation sites excluding steroid dienone is 5. The molecule has 4 aromatic carbocycles. The number of aromatic nitrogens is 2. The summed E-state index contributed by atoms with van der Waals surface area (Å²) in [6.07, 6.45) is 9.87. The third-order valence-electron chi connectivity index (χ3n) is 9.81. The highest BCUT2D eigenvalue weighted by Crippen LogP contribution is 2.40. The van der Waals surface area contributed by atoms with E-state index in [2.05, 4.69) is 120 Å². The van der Waals surface area contributed by atoms with Crippen molar-refractivity contribution in [1.29, 1.82) is 0 Å². The van der Waals surface area contributed by atoms with Crippen molar-refractivity contribution in [2.45, 2.75) is 12.8 Å². The first-order valence-corrected chi connectivity index (χ1v) is 15.9. The van der Waals surface area contributed by atoms with Gasteiger partial charge in [0.25, 0.3) is 11.8 Å². The number of thiocarbonyl (C=S) groups is 1. The highest BCUT2D eigenvalue weighted by molar-refractivity contribution is 7.80. The van der Waals surface area contributed by atoms with E-state index in [0.717, 1.165) is 21.8 Å². The van der Waals surface area contributed by atoms with Gasteiger partial charge in [-0.1, -0.05) is 72.8 Å². The van der Waals surface area contributed by atoms with Crippen LogP contribution in [-0.2, 0) is 23.7 Å². The smallest absolute Gasteiger partial charge is 0.266 e. The number of hydrogen-bond donors (Lipinski definition) is 0. The number of likely N-dealkylation sites (N-methyl/N-ethyl adjacent to an activating group) is 2. The van der Waals surface area contributed by atoms with E-state index < -0.39 is 0 Å². The van der Waals surface area contributed by atoms with E-state index in [9.17, 15) is 9.59 Å². The number of amides is 2. The molecule has 226 valence electrons. The number of carbonyl (C=O) groups excluding carboxylic acids is 2. The Bertz CT molecular complexity index is 2360. The number of aryl methyl sites for hydroxylation is 2. The van der Waals surface area contributed by atoms with Crippen molar-refractivity contribution < 1.29 is 9.59 Å². The van der Waals surface area contributed by atoms with E-state index in [1.54, 1.807) is 14.1 Å². The molecule has 6 nitrogen and oxygen atoms in total. The molecule has 2 fully saturated rings. The summed E-state index contributed by atoms with van der Waals surface area (Å²) in [4.78, 5) is 30.3. The second-order valence-corrected chi connectivity index (χ2v) is 12.6. The second-order valence-electron chi connectivity index (χ2n) is 12.2. The molecular formula is C39H32N4O2S. The summed E-state index contributed by atoms with van der Waals surface area (Å²) in [6, 6.07) is 25.5. The molecule has 0 bridgehead atoms. The molecule has 1 aliphatic heterocycles. The van der Waals surface area contributed by atoms with Gasteiger partial charge in [0.1, 0.15) is 5.57 Å². The van der Waals surface area contributed by atoms with Crippen molar-refractivity contribution in [3.63, 3.8) is 0 Å². The van der Waals surface area contributed by atoms with Crippen LogP contribution in [0.15, 0.2) is 107 Å². The average Bonchev–Trinajstić information content (AvgIpc) is 3.69. The molecule has 2 aromatic heterocycles. The Morgan fingerprint density at radius 1 is 0.565 bits per heavy atom. The van der Waals surface area contributed by atoms with Crippen LogP contribution in [-0.4, -0.2) is 50.0 Å². The minimum absolute atomic E-state index is 0.167. The SMILES string of the molecule is CN1C(=O)C(=C2/C(=C\C=c3/c4cccc5cccc(c54)n3C)CC/C2=C/C=c2\c3cccc4cccc(c43)n2C)C(=O)N(C)C1=S. The first kappa shape index (κ1) is 28.2. The van der Waals surface area contributed by atoms with Crippen molar-refractivity contribution in [2.24, 2.45) is 14.1 Å². The third kappa shape index (κ3) is 3.98. The fraction of sp³-hybridized carbons (Fsp3) is 0.154. The summed E-state index contributed by atoms with van der Waals surface area (Å²) in [6.45, 7) is 0. The maximum Gasteiger partial charge on any atom is 0.266 e. The van der Waals surface area contributed by atoms with Gasteiger partial charge in [-0.2, -0.15) is 0 Å². The van der Waals surface area contributed by atoms with Crippen LogP contribution >= 0.6 is 12.2 Å². The number of benzene rings is 4. The molecule has 3 heterocycles. The number of nitrogens with zero attached hydrogens (tertiary/aromatic N) is 4. The zero-order valence-corrected chi connectivity index (χ0v) is 27.0. The van der Waals surface area contributed by atoms with Crippen molar-refractivity contribution in [3.8, 4) is 0 Å². The van der Waals surface area contributed by atoms with E-state index >= 15 is 0 Å². The van der Waals surface area contributed by atoms with Crippen LogP contribution in [0, 0.1) is 0 Å². The van der Waals surface area contributed by atoms with Crippen molar-refractivity contribution in [2.75, 3.05) is 14.1 Å². The Labute approximate surface area is 271 Å². The normalized spacial score (nSPS) is 19.0. The summed E-state index contributed by atoms with van der Waals surface area (Å²) in [5.41, 5.74) is 5.14. The van der Waals surface area contributed by atoms with Crippen molar-refractivity contribution in [3.05, 3.63) is 118 Å². The average molecular weight is 621 g/mol. The van der Waals surface area contributed by atoms with Gasteiger partial charge in [-0.3, -0.25) is 19.4 Å². The van der Waals surface area contributed by atoms with Gasteiger partial charge in [-0.25, -0.2) is 0 Å². The first-order chi connectivity index (χ1) is 22.3. The monoisotopic (exact) mass is 620 g/mol. The van der Waals surface area contributed by atoms with Crippen LogP contribution in [0.4, 0.5) is 0 Å².